The fourth-order valence-electron chi connectivity index (χ4n) is 3.15. The molecule has 0 aliphatic heterocycles. The van der Waals surface area contributed by atoms with Gasteiger partial charge in [0.2, 0.25) is 17.7 Å². The molecular weight excluding hydrogens is 420 g/mol. The van der Waals surface area contributed by atoms with Crippen molar-refractivity contribution >= 4 is 45.1 Å². The van der Waals surface area contributed by atoms with Crippen LogP contribution in [0.2, 0.25) is 5.02 Å². The molecular formula is C22H17ClN4O2S. The van der Waals surface area contributed by atoms with Crippen LogP contribution in [0, 0.1) is 0 Å². The Morgan fingerprint density at radius 1 is 1.17 bits per heavy atom. The summed E-state index contributed by atoms with van der Waals surface area (Å²) in [5, 5.41) is 9.67. The second-order valence-corrected chi connectivity index (χ2v) is 8.56. The summed E-state index contributed by atoms with van der Waals surface area (Å²) in [4.78, 5) is 19.2. The zero-order valence-corrected chi connectivity index (χ0v) is 17.4. The number of carbonyl (C=O) groups excluding carboxylic acids is 1. The van der Waals surface area contributed by atoms with E-state index in [1.807, 2.05) is 36.4 Å². The van der Waals surface area contributed by atoms with Crippen molar-refractivity contribution in [2.45, 2.75) is 25.4 Å². The zero-order chi connectivity index (χ0) is 20.5. The summed E-state index contributed by atoms with van der Waals surface area (Å²) in [5.74, 6) is 0.742. The van der Waals surface area contributed by atoms with Crippen molar-refractivity contribution in [3.05, 3.63) is 70.5 Å². The number of fused-ring (bicyclic) bond motifs is 1. The minimum absolute atomic E-state index is 0.0806. The van der Waals surface area contributed by atoms with Crippen LogP contribution in [0.3, 0.4) is 0 Å². The van der Waals surface area contributed by atoms with Crippen molar-refractivity contribution < 1.29 is 9.21 Å². The van der Waals surface area contributed by atoms with Gasteiger partial charge in [-0.3, -0.25) is 4.79 Å². The van der Waals surface area contributed by atoms with Crippen molar-refractivity contribution in [3.63, 3.8) is 0 Å². The molecule has 30 heavy (non-hydrogen) atoms. The molecule has 1 saturated carbocycles. The summed E-state index contributed by atoms with van der Waals surface area (Å²) in [6.07, 6.45) is 5.32. The average Bonchev–Trinajstić information content (AvgIpc) is 3.33. The van der Waals surface area contributed by atoms with Crippen LogP contribution in [0.1, 0.15) is 23.7 Å². The summed E-state index contributed by atoms with van der Waals surface area (Å²) in [6, 6.07) is 15.3. The van der Waals surface area contributed by atoms with Gasteiger partial charge in [0.1, 0.15) is 5.01 Å². The Morgan fingerprint density at radius 3 is 2.73 bits per heavy atom. The van der Waals surface area contributed by atoms with Crippen molar-refractivity contribution in [3.8, 4) is 11.5 Å². The van der Waals surface area contributed by atoms with Crippen LogP contribution in [-0.4, -0.2) is 32.0 Å². The minimum atomic E-state index is -0.0806. The van der Waals surface area contributed by atoms with Crippen LogP contribution >= 0.6 is 22.9 Å². The standard InChI is InChI=1S/C22H17ClN4O2S/c23-15-7-5-14(6-8-15)22-26-25-19(29-22)13-27(16-9-10-16)21(28)12-11-20-24-17-3-1-2-4-18(17)30-20/h1-8,11-12,16H,9-10,13H2. The van der Waals surface area contributed by atoms with Gasteiger partial charge in [-0.15, -0.1) is 21.5 Å². The van der Waals surface area contributed by atoms with Gasteiger partial charge in [0.25, 0.3) is 0 Å². The number of halogens is 1. The molecule has 0 saturated heterocycles. The maximum Gasteiger partial charge on any atom is 0.247 e. The van der Waals surface area contributed by atoms with E-state index in [2.05, 4.69) is 15.2 Å². The number of benzene rings is 2. The molecule has 1 fully saturated rings. The van der Waals surface area contributed by atoms with Gasteiger partial charge in [-0.25, -0.2) is 4.98 Å². The number of nitrogens with zero attached hydrogens (tertiary/aromatic N) is 4. The van der Waals surface area contributed by atoms with Crippen molar-refractivity contribution in [1.29, 1.82) is 0 Å². The number of rotatable bonds is 6. The SMILES string of the molecule is O=C(C=Cc1nc2ccccc2s1)N(Cc1nnc(-c2ccc(Cl)cc2)o1)C1CC1. The third-order valence-electron chi connectivity index (χ3n) is 4.81. The van der Waals surface area contributed by atoms with Gasteiger partial charge >= 0.3 is 0 Å². The summed E-state index contributed by atoms with van der Waals surface area (Å²) in [5.41, 5.74) is 1.73. The maximum absolute atomic E-state index is 12.8. The first-order chi connectivity index (χ1) is 14.7. The van der Waals surface area contributed by atoms with E-state index in [4.69, 9.17) is 16.0 Å². The van der Waals surface area contributed by atoms with Crippen LogP contribution < -0.4 is 0 Å². The summed E-state index contributed by atoms with van der Waals surface area (Å²) >= 11 is 7.49. The van der Waals surface area contributed by atoms with E-state index in [-0.39, 0.29) is 18.5 Å². The Balaban J connectivity index is 1.30. The molecule has 4 aromatic rings. The lowest BCUT2D eigenvalue weighted by Crippen LogP contribution is -2.31. The van der Waals surface area contributed by atoms with Crippen LogP contribution in [0.5, 0.6) is 0 Å². The Morgan fingerprint density at radius 2 is 1.97 bits per heavy atom. The van der Waals surface area contributed by atoms with Gasteiger partial charge in [0.15, 0.2) is 0 Å². The van der Waals surface area contributed by atoms with Crippen molar-refractivity contribution in [2.24, 2.45) is 0 Å². The van der Waals surface area contributed by atoms with E-state index < -0.39 is 0 Å². The molecule has 1 aliphatic carbocycles. The summed E-state index contributed by atoms with van der Waals surface area (Å²) < 4.78 is 6.88. The molecule has 0 atom stereocenters. The second kappa shape index (κ2) is 8.01. The predicted molar refractivity (Wildman–Crippen MR) is 117 cm³/mol. The first-order valence-corrected chi connectivity index (χ1v) is 10.8. The highest BCUT2D eigenvalue weighted by atomic mass is 35.5. The van der Waals surface area contributed by atoms with Crippen molar-refractivity contribution in [1.82, 2.24) is 20.1 Å². The number of aromatic nitrogens is 3. The Kier molecular flexibility index (Phi) is 5.06. The van der Waals surface area contributed by atoms with Gasteiger partial charge in [-0.2, -0.15) is 0 Å². The predicted octanol–water partition coefficient (Wildman–Crippen LogP) is 5.20. The minimum Gasteiger partial charge on any atom is -0.419 e. The highest BCUT2D eigenvalue weighted by Crippen LogP contribution is 2.30. The molecule has 0 spiro atoms. The average molecular weight is 437 g/mol. The summed E-state index contributed by atoms with van der Waals surface area (Å²) in [7, 11) is 0. The molecule has 8 heteroatoms. The molecule has 2 aromatic carbocycles. The lowest BCUT2D eigenvalue weighted by molar-refractivity contribution is -0.127. The van der Waals surface area contributed by atoms with E-state index in [9.17, 15) is 4.79 Å². The van der Waals surface area contributed by atoms with Crippen LogP contribution in [0.15, 0.2) is 59.0 Å². The second-order valence-electron chi connectivity index (χ2n) is 7.06. The normalized spacial score (nSPS) is 13.9. The van der Waals surface area contributed by atoms with Gasteiger partial charge < -0.3 is 9.32 Å². The van der Waals surface area contributed by atoms with E-state index >= 15 is 0 Å². The highest BCUT2D eigenvalue weighted by molar-refractivity contribution is 7.19. The van der Waals surface area contributed by atoms with E-state index in [1.165, 1.54) is 0 Å². The number of hydrogen-bond acceptors (Lipinski definition) is 6. The Labute approximate surface area is 181 Å². The van der Waals surface area contributed by atoms with E-state index in [0.29, 0.717) is 16.8 Å². The molecule has 2 heterocycles. The molecule has 6 nitrogen and oxygen atoms in total. The van der Waals surface area contributed by atoms with Crippen LogP contribution in [0.25, 0.3) is 27.7 Å². The number of para-hydroxylation sites is 1. The molecule has 0 unspecified atom stereocenters. The fourth-order valence-corrected chi connectivity index (χ4v) is 4.14. The molecule has 0 N–H and O–H groups in total. The lowest BCUT2D eigenvalue weighted by Gasteiger charge is -2.18. The fraction of sp³-hybridized carbons (Fsp3) is 0.182. The highest BCUT2D eigenvalue weighted by Gasteiger charge is 2.32. The van der Waals surface area contributed by atoms with E-state index in [1.54, 1.807) is 40.5 Å². The molecule has 0 radical (unpaired) electrons. The first-order valence-electron chi connectivity index (χ1n) is 9.58. The van der Waals surface area contributed by atoms with Crippen LogP contribution in [0.4, 0.5) is 0 Å². The molecule has 1 aliphatic rings. The number of hydrogen-bond donors (Lipinski definition) is 0. The molecule has 0 bridgehead atoms. The quantitative estimate of drug-likeness (QED) is 0.388. The van der Waals surface area contributed by atoms with E-state index in [0.717, 1.165) is 33.6 Å². The largest absolute Gasteiger partial charge is 0.419 e. The van der Waals surface area contributed by atoms with Crippen molar-refractivity contribution in [2.75, 3.05) is 0 Å². The van der Waals surface area contributed by atoms with Crippen LogP contribution in [-0.2, 0) is 11.3 Å². The van der Waals surface area contributed by atoms with Gasteiger partial charge in [0, 0.05) is 22.7 Å². The number of carbonyl (C=O) groups is 1. The zero-order valence-electron chi connectivity index (χ0n) is 15.9. The summed E-state index contributed by atoms with van der Waals surface area (Å²) in [6.45, 7) is 0.286. The molecule has 1 amide bonds. The Bertz CT molecular complexity index is 1190. The van der Waals surface area contributed by atoms with Gasteiger partial charge in [-0.1, -0.05) is 23.7 Å². The molecule has 150 valence electrons. The lowest BCUT2D eigenvalue weighted by atomic mass is 10.2. The molecule has 5 rings (SSSR count). The van der Waals surface area contributed by atoms with Gasteiger partial charge in [0.05, 0.1) is 16.8 Å². The number of thiazole rings is 1. The molecule has 2 aromatic heterocycles. The smallest absolute Gasteiger partial charge is 0.247 e. The topological polar surface area (TPSA) is 72.1 Å². The monoisotopic (exact) mass is 436 g/mol. The third kappa shape index (κ3) is 4.13. The third-order valence-corrected chi connectivity index (χ3v) is 6.07. The van der Waals surface area contributed by atoms with Gasteiger partial charge in [-0.05, 0) is 55.3 Å². The maximum atomic E-state index is 12.8. The number of amides is 1. The first kappa shape index (κ1) is 19.0. The Hall–Kier alpha value is -3.03.